The van der Waals surface area contributed by atoms with Crippen LogP contribution in [0.4, 0.5) is 0 Å². The topological polar surface area (TPSA) is 62.4 Å². The van der Waals surface area contributed by atoms with Crippen molar-refractivity contribution < 1.29 is 0 Å². The summed E-state index contributed by atoms with van der Waals surface area (Å²) in [6.07, 6.45) is 3.76. The lowest BCUT2D eigenvalue weighted by molar-refractivity contribution is 0.561. The van der Waals surface area contributed by atoms with Crippen LogP contribution in [0.2, 0.25) is 0 Å². The van der Waals surface area contributed by atoms with E-state index in [1.165, 1.54) is 19.3 Å². The standard InChI is InChI=1S/C11H24N4/c1-8(2)7-13-11(15-12)14-10-5-4-9(3)6-10/h8-10H,4-7,12H2,1-3H3,(H2,13,14,15). The molecule has 4 heteroatoms. The molecule has 0 radical (unpaired) electrons. The van der Waals surface area contributed by atoms with E-state index in [1.54, 1.807) is 0 Å². The third-order valence-corrected chi connectivity index (χ3v) is 2.79. The molecule has 4 nitrogen and oxygen atoms in total. The Hall–Kier alpha value is -0.770. The van der Waals surface area contributed by atoms with Crippen molar-refractivity contribution in [2.24, 2.45) is 22.7 Å². The van der Waals surface area contributed by atoms with Crippen molar-refractivity contribution in [1.82, 2.24) is 10.7 Å². The van der Waals surface area contributed by atoms with Gasteiger partial charge in [0.1, 0.15) is 0 Å². The predicted molar refractivity (Wildman–Crippen MR) is 64.4 cm³/mol. The number of nitrogens with zero attached hydrogens (tertiary/aromatic N) is 1. The number of nitrogens with one attached hydrogen (secondary N) is 2. The molecule has 1 fully saturated rings. The number of aliphatic imine (C=N–C) groups is 1. The number of rotatable bonds is 3. The molecule has 1 saturated carbocycles. The largest absolute Gasteiger partial charge is 0.353 e. The number of hydrogen-bond donors (Lipinski definition) is 3. The fraction of sp³-hybridized carbons (Fsp3) is 0.909. The Balaban J connectivity index is 2.36. The predicted octanol–water partition coefficient (Wildman–Crippen LogP) is 1.24. The van der Waals surface area contributed by atoms with Crippen LogP contribution in [0, 0.1) is 11.8 Å². The Bertz CT molecular complexity index is 213. The van der Waals surface area contributed by atoms with Crippen molar-refractivity contribution in [1.29, 1.82) is 0 Å². The summed E-state index contributed by atoms with van der Waals surface area (Å²) in [7, 11) is 0. The Labute approximate surface area is 92.7 Å². The van der Waals surface area contributed by atoms with Gasteiger partial charge < -0.3 is 5.32 Å². The average Bonchev–Trinajstić information content (AvgIpc) is 2.58. The van der Waals surface area contributed by atoms with Crippen molar-refractivity contribution in [2.75, 3.05) is 6.54 Å². The number of hydrogen-bond acceptors (Lipinski definition) is 2. The molecule has 0 aromatic rings. The Morgan fingerprint density at radius 3 is 2.67 bits per heavy atom. The molecule has 0 aromatic carbocycles. The van der Waals surface area contributed by atoms with Crippen LogP contribution >= 0.6 is 0 Å². The van der Waals surface area contributed by atoms with Crippen molar-refractivity contribution in [3.8, 4) is 0 Å². The molecule has 4 N–H and O–H groups in total. The summed E-state index contributed by atoms with van der Waals surface area (Å²) in [4.78, 5) is 4.40. The third kappa shape index (κ3) is 4.51. The quantitative estimate of drug-likeness (QED) is 0.285. The molecule has 0 amide bonds. The first-order valence-electron chi connectivity index (χ1n) is 5.89. The molecular weight excluding hydrogens is 188 g/mol. The van der Waals surface area contributed by atoms with Crippen LogP contribution in [0.5, 0.6) is 0 Å². The van der Waals surface area contributed by atoms with Gasteiger partial charge in [-0.3, -0.25) is 10.4 Å². The van der Waals surface area contributed by atoms with Crippen LogP contribution < -0.4 is 16.6 Å². The number of guanidine groups is 1. The third-order valence-electron chi connectivity index (χ3n) is 2.79. The van der Waals surface area contributed by atoms with Crippen LogP contribution in [0.25, 0.3) is 0 Å². The van der Waals surface area contributed by atoms with Gasteiger partial charge in [-0.1, -0.05) is 20.8 Å². The molecule has 0 saturated heterocycles. The maximum Gasteiger partial charge on any atom is 0.205 e. The van der Waals surface area contributed by atoms with E-state index in [1.807, 2.05) is 0 Å². The summed E-state index contributed by atoms with van der Waals surface area (Å²) in [5, 5.41) is 3.37. The van der Waals surface area contributed by atoms with E-state index in [-0.39, 0.29) is 0 Å². The lowest BCUT2D eigenvalue weighted by Gasteiger charge is -2.15. The highest BCUT2D eigenvalue weighted by Crippen LogP contribution is 2.24. The molecule has 1 aliphatic rings. The van der Waals surface area contributed by atoms with E-state index in [0.717, 1.165) is 18.4 Å². The Kier molecular flexibility index (Phi) is 4.88. The van der Waals surface area contributed by atoms with E-state index in [0.29, 0.717) is 12.0 Å². The number of nitrogens with two attached hydrogens (primary N) is 1. The monoisotopic (exact) mass is 212 g/mol. The second-order valence-electron chi connectivity index (χ2n) is 4.99. The molecule has 1 aliphatic carbocycles. The highest BCUT2D eigenvalue weighted by atomic mass is 15.3. The van der Waals surface area contributed by atoms with Gasteiger partial charge in [-0.25, -0.2) is 5.84 Å². The summed E-state index contributed by atoms with van der Waals surface area (Å²) >= 11 is 0. The summed E-state index contributed by atoms with van der Waals surface area (Å²) in [5.74, 6) is 7.56. The summed E-state index contributed by atoms with van der Waals surface area (Å²) in [5.41, 5.74) is 2.64. The number of hydrazine groups is 1. The summed E-state index contributed by atoms with van der Waals surface area (Å²) in [6.45, 7) is 7.40. The zero-order valence-electron chi connectivity index (χ0n) is 10.1. The highest BCUT2D eigenvalue weighted by molar-refractivity contribution is 5.79. The molecule has 0 aliphatic heterocycles. The van der Waals surface area contributed by atoms with Gasteiger partial charge in [0.15, 0.2) is 0 Å². The van der Waals surface area contributed by atoms with Gasteiger partial charge in [-0.2, -0.15) is 0 Å². The normalized spacial score (nSPS) is 27.1. The molecule has 0 aromatic heterocycles. The maximum absolute atomic E-state index is 5.43. The van der Waals surface area contributed by atoms with E-state index >= 15 is 0 Å². The van der Waals surface area contributed by atoms with Gasteiger partial charge in [0.05, 0.1) is 0 Å². The molecule has 2 unspecified atom stereocenters. The first kappa shape index (κ1) is 12.3. The minimum absolute atomic E-state index is 0.543. The van der Waals surface area contributed by atoms with Gasteiger partial charge >= 0.3 is 0 Å². The molecule has 2 atom stereocenters. The van der Waals surface area contributed by atoms with E-state index in [4.69, 9.17) is 5.84 Å². The molecular formula is C11H24N4. The minimum atomic E-state index is 0.543. The average molecular weight is 212 g/mol. The first-order valence-corrected chi connectivity index (χ1v) is 5.89. The summed E-state index contributed by atoms with van der Waals surface area (Å²) in [6, 6.07) is 0.543. The maximum atomic E-state index is 5.43. The van der Waals surface area contributed by atoms with Crippen LogP contribution in [-0.4, -0.2) is 18.5 Å². The molecule has 0 bridgehead atoms. The van der Waals surface area contributed by atoms with Crippen LogP contribution in [-0.2, 0) is 0 Å². The second-order valence-corrected chi connectivity index (χ2v) is 4.99. The zero-order chi connectivity index (χ0) is 11.3. The first-order chi connectivity index (χ1) is 7.11. The fourth-order valence-corrected chi connectivity index (χ4v) is 1.94. The molecule has 0 spiro atoms. The molecule has 0 heterocycles. The molecule has 88 valence electrons. The minimum Gasteiger partial charge on any atom is -0.353 e. The SMILES string of the molecule is CC(C)CN=C(NN)NC1CCC(C)C1. The van der Waals surface area contributed by atoms with Crippen molar-refractivity contribution in [2.45, 2.75) is 46.1 Å². The van der Waals surface area contributed by atoms with E-state index < -0.39 is 0 Å². The Morgan fingerprint density at radius 1 is 1.47 bits per heavy atom. The van der Waals surface area contributed by atoms with E-state index in [9.17, 15) is 0 Å². The molecule has 1 rings (SSSR count). The van der Waals surface area contributed by atoms with Gasteiger partial charge in [-0.05, 0) is 31.1 Å². The molecule has 15 heavy (non-hydrogen) atoms. The van der Waals surface area contributed by atoms with Crippen molar-refractivity contribution in [3.05, 3.63) is 0 Å². The summed E-state index contributed by atoms with van der Waals surface area (Å²) < 4.78 is 0. The van der Waals surface area contributed by atoms with E-state index in [2.05, 4.69) is 36.5 Å². The highest BCUT2D eigenvalue weighted by Gasteiger charge is 2.21. The van der Waals surface area contributed by atoms with Crippen molar-refractivity contribution in [3.63, 3.8) is 0 Å². The van der Waals surface area contributed by atoms with Gasteiger partial charge in [0.25, 0.3) is 0 Å². The smallest absolute Gasteiger partial charge is 0.205 e. The van der Waals surface area contributed by atoms with Gasteiger partial charge in [0, 0.05) is 12.6 Å². The second kappa shape index (κ2) is 5.95. The van der Waals surface area contributed by atoms with Crippen LogP contribution in [0.1, 0.15) is 40.0 Å². The van der Waals surface area contributed by atoms with Crippen LogP contribution in [0.15, 0.2) is 4.99 Å². The fourth-order valence-electron chi connectivity index (χ4n) is 1.94. The lowest BCUT2D eigenvalue weighted by atomic mass is 10.1. The van der Waals surface area contributed by atoms with Crippen molar-refractivity contribution >= 4 is 5.96 Å². The van der Waals surface area contributed by atoms with Gasteiger partial charge in [-0.15, -0.1) is 0 Å². The zero-order valence-corrected chi connectivity index (χ0v) is 10.1. The van der Waals surface area contributed by atoms with Crippen LogP contribution in [0.3, 0.4) is 0 Å². The lowest BCUT2D eigenvalue weighted by Crippen LogP contribution is -2.45. The van der Waals surface area contributed by atoms with Gasteiger partial charge in [0.2, 0.25) is 5.96 Å². The Morgan fingerprint density at radius 2 is 2.20 bits per heavy atom.